The summed E-state index contributed by atoms with van der Waals surface area (Å²) in [7, 11) is 0. The van der Waals surface area contributed by atoms with Gasteiger partial charge in [-0.05, 0) is 18.2 Å². The molecule has 1 heterocycles. The van der Waals surface area contributed by atoms with E-state index in [4.69, 9.17) is 4.42 Å². The Kier molecular flexibility index (Phi) is 3.93. The topological polar surface area (TPSA) is 129 Å². The van der Waals surface area contributed by atoms with Gasteiger partial charge in [0, 0.05) is 6.07 Å². The second kappa shape index (κ2) is 5.82. The smallest absolute Gasteiger partial charge is 0.289 e. The Balaban J connectivity index is 2.23. The Labute approximate surface area is 117 Å². The summed E-state index contributed by atoms with van der Waals surface area (Å²) in [6, 6.07) is 6.10. The molecule has 2 rings (SSSR count). The molecule has 1 aromatic heterocycles. The molecule has 0 unspecified atom stereocenters. The van der Waals surface area contributed by atoms with Gasteiger partial charge in [-0.15, -0.1) is 0 Å². The average Bonchev–Trinajstić information content (AvgIpc) is 2.97. The van der Waals surface area contributed by atoms with Crippen LogP contribution < -0.4 is 5.32 Å². The van der Waals surface area contributed by atoms with Crippen LogP contribution in [-0.2, 0) is 6.54 Å². The van der Waals surface area contributed by atoms with Crippen LogP contribution in [0.5, 0.6) is 0 Å². The Hall–Kier alpha value is -3.23. The molecule has 0 aliphatic carbocycles. The largest absolute Gasteiger partial charge is 0.467 e. The lowest BCUT2D eigenvalue weighted by Crippen LogP contribution is -2.23. The molecule has 1 N–H and O–H groups in total. The summed E-state index contributed by atoms with van der Waals surface area (Å²) in [6.07, 6.45) is 1.43. The Bertz CT molecular complexity index is 695. The highest BCUT2D eigenvalue weighted by Gasteiger charge is 2.23. The predicted molar refractivity (Wildman–Crippen MR) is 69.6 cm³/mol. The van der Waals surface area contributed by atoms with Gasteiger partial charge in [0.05, 0.1) is 28.7 Å². The first-order valence-electron chi connectivity index (χ1n) is 5.72. The van der Waals surface area contributed by atoms with Gasteiger partial charge in [0.15, 0.2) is 0 Å². The van der Waals surface area contributed by atoms with Crippen LogP contribution >= 0.6 is 0 Å². The van der Waals surface area contributed by atoms with E-state index >= 15 is 0 Å². The summed E-state index contributed by atoms with van der Waals surface area (Å²) >= 11 is 0. The molecule has 0 fully saturated rings. The monoisotopic (exact) mass is 291 g/mol. The van der Waals surface area contributed by atoms with E-state index in [1.807, 2.05) is 0 Å². The van der Waals surface area contributed by atoms with Crippen molar-refractivity contribution in [2.45, 2.75) is 6.54 Å². The average molecular weight is 291 g/mol. The quantitative estimate of drug-likeness (QED) is 0.662. The number of amides is 1. The van der Waals surface area contributed by atoms with E-state index in [2.05, 4.69) is 5.32 Å². The third kappa shape index (κ3) is 3.21. The fourth-order valence-corrected chi connectivity index (χ4v) is 1.65. The molecule has 0 atom stereocenters. The third-order valence-electron chi connectivity index (χ3n) is 2.64. The molecule has 0 saturated carbocycles. The maximum Gasteiger partial charge on any atom is 0.289 e. The number of hydrogen-bond acceptors (Lipinski definition) is 6. The van der Waals surface area contributed by atoms with E-state index in [-0.39, 0.29) is 12.1 Å². The minimum absolute atomic E-state index is 0.0555. The van der Waals surface area contributed by atoms with E-state index in [1.54, 1.807) is 12.1 Å². The molecule has 9 heteroatoms. The summed E-state index contributed by atoms with van der Waals surface area (Å²) in [6.45, 7) is 0.0555. The van der Waals surface area contributed by atoms with E-state index < -0.39 is 27.1 Å². The van der Waals surface area contributed by atoms with Gasteiger partial charge in [0.2, 0.25) is 0 Å². The van der Waals surface area contributed by atoms with Crippen molar-refractivity contribution in [1.29, 1.82) is 0 Å². The second-order valence-electron chi connectivity index (χ2n) is 3.98. The maximum absolute atomic E-state index is 11.9. The van der Waals surface area contributed by atoms with Crippen molar-refractivity contribution in [3.8, 4) is 0 Å². The lowest BCUT2D eigenvalue weighted by atomic mass is 10.1. The summed E-state index contributed by atoms with van der Waals surface area (Å²) < 4.78 is 5.01. The molecule has 1 aromatic carbocycles. The summed E-state index contributed by atoms with van der Waals surface area (Å²) in [5.74, 6) is -0.235. The molecule has 0 radical (unpaired) electrons. The highest BCUT2D eigenvalue weighted by atomic mass is 16.6. The number of carbonyl (C=O) groups is 1. The van der Waals surface area contributed by atoms with Crippen LogP contribution in [0.4, 0.5) is 11.4 Å². The van der Waals surface area contributed by atoms with Crippen molar-refractivity contribution in [2.75, 3.05) is 0 Å². The van der Waals surface area contributed by atoms with Crippen molar-refractivity contribution >= 4 is 17.3 Å². The molecule has 108 valence electrons. The number of benzene rings is 1. The van der Waals surface area contributed by atoms with Gasteiger partial charge in [-0.3, -0.25) is 25.0 Å². The molecular weight excluding hydrogens is 282 g/mol. The number of rotatable bonds is 5. The van der Waals surface area contributed by atoms with Crippen LogP contribution in [0.1, 0.15) is 16.1 Å². The molecule has 1 amide bonds. The van der Waals surface area contributed by atoms with Crippen molar-refractivity contribution in [3.63, 3.8) is 0 Å². The zero-order valence-electron chi connectivity index (χ0n) is 10.5. The minimum Gasteiger partial charge on any atom is -0.467 e. The molecule has 0 aliphatic rings. The number of carbonyl (C=O) groups excluding carboxylic acids is 1. The number of hydrogen-bond donors (Lipinski definition) is 1. The fourth-order valence-electron chi connectivity index (χ4n) is 1.65. The Morgan fingerprint density at radius 1 is 1.19 bits per heavy atom. The molecule has 0 spiro atoms. The Morgan fingerprint density at radius 3 is 2.52 bits per heavy atom. The van der Waals surface area contributed by atoms with Crippen LogP contribution in [0, 0.1) is 20.2 Å². The molecule has 0 bridgehead atoms. The van der Waals surface area contributed by atoms with E-state index in [0.717, 1.165) is 18.2 Å². The van der Waals surface area contributed by atoms with Crippen molar-refractivity contribution in [3.05, 3.63) is 68.1 Å². The van der Waals surface area contributed by atoms with Gasteiger partial charge in [0.1, 0.15) is 11.3 Å². The van der Waals surface area contributed by atoms with Crippen LogP contribution in [0.25, 0.3) is 0 Å². The number of nitrogens with one attached hydrogen (secondary N) is 1. The van der Waals surface area contributed by atoms with E-state index in [0.29, 0.717) is 5.76 Å². The molecule has 0 aliphatic heterocycles. The lowest BCUT2D eigenvalue weighted by Gasteiger charge is -2.04. The first-order chi connectivity index (χ1) is 9.99. The van der Waals surface area contributed by atoms with Gasteiger partial charge >= 0.3 is 0 Å². The standard InChI is InChI=1S/C12H9N3O6/c16-12(13-7-9-2-1-5-21-9)10-4-3-8(14(17)18)6-11(10)15(19)20/h1-6H,7H2,(H,13,16). The zero-order valence-corrected chi connectivity index (χ0v) is 10.5. The zero-order chi connectivity index (χ0) is 15.4. The maximum atomic E-state index is 11.9. The first-order valence-corrected chi connectivity index (χ1v) is 5.72. The normalized spacial score (nSPS) is 10.1. The summed E-state index contributed by atoms with van der Waals surface area (Å²) in [5.41, 5.74) is -1.33. The number of nitro groups is 2. The first kappa shape index (κ1) is 14.2. The number of nitrogens with zero attached hydrogens (tertiary/aromatic N) is 2. The fraction of sp³-hybridized carbons (Fsp3) is 0.0833. The Morgan fingerprint density at radius 2 is 1.95 bits per heavy atom. The molecule has 2 aromatic rings. The summed E-state index contributed by atoms with van der Waals surface area (Å²) in [4.78, 5) is 31.8. The van der Waals surface area contributed by atoms with E-state index in [1.165, 1.54) is 6.26 Å². The second-order valence-corrected chi connectivity index (χ2v) is 3.98. The lowest BCUT2D eigenvalue weighted by molar-refractivity contribution is -0.394. The van der Waals surface area contributed by atoms with Gasteiger partial charge in [0.25, 0.3) is 17.3 Å². The highest BCUT2D eigenvalue weighted by Crippen LogP contribution is 2.24. The van der Waals surface area contributed by atoms with Crippen molar-refractivity contribution in [1.82, 2.24) is 5.32 Å². The van der Waals surface area contributed by atoms with Crippen LogP contribution in [0.2, 0.25) is 0 Å². The predicted octanol–water partition coefficient (Wildman–Crippen LogP) is 2.03. The highest BCUT2D eigenvalue weighted by molar-refractivity contribution is 5.98. The molecule has 21 heavy (non-hydrogen) atoms. The van der Waals surface area contributed by atoms with Gasteiger partial charge in [-0.25, -0.2) is 0 Å². The van der Waals surface area contributed by atoms with Crippen molar-refractivity contribution < 1.29 is 19.1 Å². The molecule has 0 saturated heterocycles. The van der Waals surface area contributed by atoms with Gasteiger partial charge < -0.3 is 9.73 Å². The molecular formula is C12H9N3O6. The van der Waals surface area contributed by atoms with Gasteiger partial charge in [-0.1, -0.05) is 0 Å². The number of furan rings is 1. The minimum atomic E-state index is -0.838. The van der Waals surface area contributed by atoms with Crippen molar-refractivity contribution in [2.24, 2.45) is 0 Å². The SMILES string of the molecule is O=C(NCc1ccco1)c1ccc([N+](=O)[O-])cc1[N+](=O)[O-]. The van der Waals surface area contributed by atoms with Crippen LogP contribution in [-0.4, -0.2) is 15.8 Å². The van der Waals surface area contributed by atoms with Crippen LogP contribution in [0.3, 0.4) is 0 Å². The third-order valence-corrected chi connectivity index (χ3v) is 2.64. The van der Waals surface area contributed by atoms with E-state index in [9.17, 15) is 25.0 Å². The van der Waals surface area contributed by atoms with Gasteiger partial charge in [-0.2, -0.15) is 0 Å². The number of nitro benzene ring substituents is 2. The number of non-ortho nitro benzene ring substituents is 1. The molecule has 9 nitrogen and oxygen atoms in total. The van der Waals surface area contributed by atoms with Crippen LogP contribution in [0.15, 0.2) is 41.0 Å². The summed E-state index contributed by atoms with van der Waals surface area (Å²) in [5, 5.41) is 24.0.